The van der Waals surface area contributed by atoms with Crippen LogP contribution in [0.1, 0.15) is 15.9 Å². The van der Waals surface area contributed by atoms with Gasteiger partial charge in [0, 0.05) is 5.69 Å². The van der Waals surface area contributed by atoms with Gasteiger partial charge in [-0.2, -0.15) is 5.26 Å². The molecule has 1 amide bonds. The zero-order chi connectivity index (χ0) is 14.7. The van der Waals surface area contributed by atoms with Crippen molar-refractivity contribution in [3.05, 3.63) is 52.5 Å². The van der Waals surface area contributed by atoms with Gasteiger partial charge in [-0.3, -0.25) is 4.79 Å². The molecule has 0 aromatic heterocycles. The van der Waals surface area contributed by atoms with E-state index in [1.807, 2.05) is 6.07 Å². The number of benzene rings is 2. The molecule has 100 valence electrons. The van der Waals surface area contributed by atoms with Crippen LogP contribution in [0.2, 0.25) is 5.02 Å². The Morgan fingerprint density at radius 1 is 1.30 bits per heavy atom. The molecule has 0 aliphatic heterocycles. The van der Waals surface area contributed by atoms with Crippen LogP contribution in [0.3, 0.4) is 0 Å². The molecule has 2 rings (SSSR count). The lowest BCUT2D eigenvalue weighted by Gasteiger charge is -2.12. The monoisotopic (exact) mass is 287 g/mol. The van der Waals surface area contributed by atoms with Crippen LogP contribution in [0, 0.1) is 11.3 Å². The van der Waals surface area contributed by atoms with Gasteiger partial charge in [0.05, 0.1) is 22.2 Å². The Labute approximate surface area is 120 Å². The number of carbonyl (C=O) groups excluding carboxylic acids is 1. The van der Waals surface area contributed by atoms with Gasteiger partial charge in [0.2, 0.25) is 0 Å². The number of amides is 1. The third-order valence-electron chi connectivity index (χ3n) is 2.51. The fourth-order valence-electron chi connectivity index (χ4n) is 1.65. The molecule has 0 saturated heterocycles. The molecule has 2 aromatic rings. The molecule has 0 spiro atoms. The molecule has 0 atom stereocenters. The van der Waals surface area contributed by atoms with Crippen molar-refractivity contribution in [2.24, 2.45) is 5.73 Å². The maximum Gasteiger partial charge on any atom is 0.252 e. The van der Waals surface area contributed by atoms with Gasteiger partial charge in [0.25, 0.3) is 5.91 Å². The summed E-state index contributed by atoms with van der Waals surface area (Å²) in [4.78, 5) is 11.4. The van der Waals surface area contributed by atoms with Crippen LogP contribution in [0.15, 0.2) is 36.4 Å². The number of hydrogen-bond acceptors (Lipinski definition) is 4. The Bertz CT molecular complexity index is 723. The number of primary amides is 1. The van der Waals surface area contributed by atoms with E-state index in [1.165, 1.54) is 18.2 Å². The minimum absolute atomic E-state index is 0.0809. The van der Waals surface area contributed by atoms with E-state index in [1.54, 1.807) is 18.2 Å². The first-order valence-electron chi connectivity index (χ1n) is 5.58. The van der Waals surface area contributed by atoms with Crippen molar-refractivity contribution in [1.82, 2.24) is 0 Å². The quantitative estimate of drug-likeness (QED) is 0.847. The zero-order valence-electron chi connectivity index (χ0n) is 10.3. The largest absolute Gasteiger partial charge is 0.455 e. The number of halogens is 1. The SMILES string of the molecule is N#Cc1cccc(Oc2c(Cl)cc(N)cc2C(N)=O)c1. The van der Waals surface area contributed by atoms with Gasteiger partial charge in [-0.1, -0.05) is 17.7 Å². The summed E-state index contributed by atoms with van der Waals surface area (Å²) < 4.78 is 5.56. The molecule has 0 aliphatic rings. The number of ether oxygens (including phenoxy) is 1. The first-order valence-corrected chi connectivity index (χ1v) is 5.96. The molecule has 4 N–H and O–H groups in total. The molecular weight excluding hydrogens is 278 g/mol. The van der Waals surface area contributed by atoms with Crippen LogP contribution >= 0.6 is 11.6 Å². The van der Waals surface area contributed by atoms with Crippen LogP contribution in [0.25, 0.3) is 0 Å². The summed E-state index contributed by atoms with van der Waals surface area (Å²) in [6.45, 7) is 0. The molecule has 0 radical (unpaired) electrons. The normalized spacial score (nSPS) is 9.80. The smallest absolute Gasteiger partial charge is 0.252 e. The molecule has 0 fully saturated rings. The molecule has 0 bridgehead atoms. The first kappa shape index (κ1) is 13.7. The average molecular weight is 288 g/mol. The fraction of sp³-hybridized carbons (Fsp3) is 0. The van der Waals surface area contributed by atoms with Crippen LogP contribution < -0.4 is 16.2 Å². The summed E-state index contributed by atoms with van der Waals surface area (Å²) >= 11 is 6.02. The second-order valence-electron chi connectivity index (χ2n) is 3.99. The Hall–Kier alpha value is -2.71. The second-order valence-corrected chi connectivity index (χ2v) is 4.39. The topological polar surface area (TPSA) is 102 Å². The number of rotatable bonds is 3. The van der Waals surface area contributed by atoms with Gasteiger partial charge in [-0.05, 0) is 30.3 Å². The summed E-state index contributed by atoms with van der Waals surface area (Å²) in [6.07, 6.45) is 0. The lowest BCUT2D eigenvalue weighted by Crippen LogP contribution is -2.13. The third-order valence-corrected chi connectivity index (χ3v) is 2.80. The molecule has 0 heterocycles. The van der Waals surface area contributed by atoms with Gasteiger partial charge < -0.3 is 16.2 Å². The number of nitrogen functional groups attached to an aromatic ring is 1. The van der Waals surface area contributed by atoms with Crippen LogP contribution in [-0.2, 0) is 0 Å². The van der Waals surface area contributed by atoms with E-state index in [0.717, 1.165) is 0 Å². The Kier molecular flexibility index (Phi) is 3.78. The summed E-state index contributed by atoms with van der Waals surface area (Å²) in [6, 6.07) is 11.3. The van der Waals surface area contributed by atoms with E-state index in [4.69, 9.17) is 33.1 Å². The van der Waals surface area contributed by atoms with Crippen molar-refractivity contribution < 1.29 is 9.53 Å². The minimum atomic E-state index is -0.703. The summed E-state index contributed by atoms with van der Waals surface area (Å²) in [5.74, 6) is -0.215. The zero-order valence-corrected chi connectivity index (χ0v) is 11.0. The second kappa shape index (κ2) is 5.51. The highest BCUT2D eigenvalue weighted by atomic mass is 35.5. The van der Waals surface area contributed by atoms with E-state index in [2.05, 4.69) is 0 Å². The minimum Gasteiger partial charge on any atom is -0.455 e. The van der Waals surface area contributed by atoms with Crippen molar-refractivity contribution in [1.29, 1.82) is 5.26 Å². The van der Waals surface area contributed by atoms with Crippen molar-refractivity contribution >= 4 is 23.2 Å². The Balaban J connectivity index is 2.48. The van der Waals surface area contributed by atoms with Gasteiger partial charge in [0.15, 0.2) is 5.75 Å². The fourth-order valence-corrected chi connectivity index (χ4v) is 1.91. The summed E-state index contributed by atoms with van der Waals surface area (Å²) in [7, 11) is 0. The predicted molar refractivity (Wildman–Crippen MR) is 75.6 cm³/mol. The number of carbonyl (C=O) groups is 1. The molecular formula is C14H10ClN3O2. The van der Waals surface area contributed by atoms with Crippen LogP contribution in [0.5, 0.6) is 11.5 Å². The Morgan fingerprint density at radius 2 is 2.05 bits per heavy atom. The summed E-state index contributed by atoms with van der Waals surface area (Å²) in [5.41, 5.74) is 11.7. The number of anilines is 1. The lowest BCUT2D eigenvalue weighted by molar-refractivity contribution is 0.0998. The maximum absolute atomic E-state index is 11.4. The van der Waals surface area contributed by atoms with E-state index in [-0.39, 0.29) is 16.3 Å². The van der Waals surface area contributed by atoms with Gasteiger partial charge >= 0.3 is 0 Å². The van der Waals surface area contributed by atoms with Crippen molar-refractivity contribution in [2.75, 3.05) is 5.73 Å². The molecule has 0 saturated carbocycles. The van der Waals surface area contributed by atoms with Crippen LogP contribution in [-0.4, -0.2) is 5.91 Å². The lowest BCUT2D eigenvalue weighted by atomic mass is 10.1. The van der Waals surface area contributed by atoms with Crippen molar-refractivity contribution in [3.63, 3.8) is 0 Å². The highest BCUT2D eigenvalue weighted by molar-refractivity contribution is 6.33. The highest BCUT2D eigenvalue weighted by Crippen LogP contribution is 2.35. The van der Waals surface area contributed by atoms with Crippen molar-refractivity contribution in [3.8, 4) is 17.6 Å². The highest BCUT2D eigenvalue weighted by Gasteiger charge is 2.15. The number of nitriles is 1. The average Bonchev–Trinajstić information content (AvgIpc) is 2.41. The van der Waals surface area contributed by atoms with E-state index >= 15 is 0 Å². The molecule has 6 heteroatoms. The molecule has 5 nitrogen and oxygen atoms in total. The van der Waals surface area contributed by atoms with Gasteiger partial charge in [-0.15, -0.1) is 0 Å². The number of nitrogens with two attached hydrogens (primary N) is 2. The van der Waals surface area contributed by atoms with Gasteiger partial charge in [0.1, 0.15) is 5.75 Å². The standard InChI is InChI=1S/C14H10ClN3O2/c15-12-6-9(17)5-11(14(18)19)13(12)20-10-3-1-2-8(4-10)7-16/h1-6H,17H2,(H2,18,19). The third kappa shape index (κ3) is 2.82. The number of hydrogen-bond donors (Lipinski definition) is 2. The van der Waals surface area contributed by atoms with Crippen LogP contribution in [0.4, 0.5) is 5.69 Å². The van der Waals surface area contributed by atoms with E-state index in [9.17, 15) is 4.79 Å². The molecule has 0 aliphatic carbocycles. The molecule has 0 unspecified atom stereocenters. The molecule has 20 heavy (non-hydrogen) atoms. The maximum atomic E-state index is 11.4. The summed E-state index contributed by atoms with van der Waals surface area (Å²) in [5, 5.41) is 9.01. The van der Waals surface area contributed by atoms with Crippen molar-refractivity contribution in [2.45, 2.75) is 0 Å². The Morgan fingerprint density at radius 3 is 2.70 bits per heavy atom. The van der Waals surface area contributed by atoms with Gasteiger partial charge in [-0.25, -0.2) is 0 Å². The molecule has 2 aromatic carbocycles. The first-order chi connectivity index (χ1) is 9.51. The number of nitrogens with zero attached hydrogens (tertiary/aromatic N) is 1. The van der Waals surface area contributed by atoms with E-state index < -0.39 is 5.91 Å². The van der Waals surface area contributed by atoms with E-state index in [0.29, 0.717) is 17.0 Å². The predicted octanol–water partition coefficient (Wildman–Crippen LogP) is 2.69.